The van der Waals surface area contributed by atoms with Crippen molar-refractivity contribution in [3.8, 4) is 11.5 Å². The number of amides is 2. The second-order valence-corrected chi connectivity index (χ2v) is 10.5. The standard InChI is InChI=1S/C28H32N4O6S/c1-4-37-26-13-9-8-12-25(26)32(39(35,36)24-10-6-5-7-11-24)19-27(33)31-29-18-22-14-16-23(17-15-22)38-20-28(34)30-21(2)3/h5-18,21H,4,19-20H2,1-3H3,(H,30,34)(H,31,33)/b29-18-. The monoisotopic (exact) mass is 552 g/mol. The van der Waals surface area contributed by atoms with Crippen molar-refractivity contribution in [3.63, 3.8) is 0 Å². The van der Waals surface area contributed by atoms with Crippen molar-refractivity contribution in [2.45, 2.75) is 31.7 Å². The van der Waals surface area contributed by atoms with Gasteiger partial charge in [-0.3, -0.25) is 13.9 Å². The Kier molecular flexibility index (Phi) is 10.4. The maximum atomic E-state index is 13.5. The molecule has 10 nitrogen and oxygen atoms in total. The molecule has 0 unspecified atom stereocenters. The van der Waals surface area contributed by atoms with Crippen LogP contribution in [0.25, 0.3) is 0 Å². The van der Waals surface area contributed by atoms with Gasteiger partial charge in [0.2, 0.25) is 0 Å². The first-order chi connectivity index (χ1) is 18.7. The molecule has 0 saturated heterocycles. The normalized spacial score (nSPS) is 11.3. The molecule has 39 heavy (non-hydrogen) atoms. The lowest BCUT2D eigenvalue weighted by Gasteiger charge is -2.25. The highest BCUT2D eigenvalue weighted by Gasteiger charge is 2.29. The van der Waals surface area contributed by atoms with Crippen LogP contribution in [0.2, 0.25) is 0 Å². The maximum absolute atomic E-state index is 13.5. The van der Waals surface area contributed by atoms with Crippen molar-refractivity contribution in [1.82, 2.24) is 10.7 Å². The number of benzene rings is 3. The second kappa shape index (κ2) is 14.0. The van der Waals surface area contributed by atoms with E-state index in [2.05, 4.69) is 15.8 Å². The number of sulfonamides is 1. The minimum absolute atomic E-state index is 0.0276. The third-order valence-electron chi connectivity index (χ3n) is 5.15. The van der Waals surface area contributed by atoms with Gasteiger partial charge < -0.3 is 14.8 Å². The first-order valence-electron chi connectivity index (χ1n) is 12.3. The number of carbonyl (C=O) groups is 2. The fourth-order valence-electron chi connectivity index (χ4n) is 3.47. The van der Waals surface area contributed by atoms with E-state index in [9.17, 15) is 18.0 Å². The highest BCUT2D eigenvalue weighted by molar-refractivity contribution is 7.92. The molecule has 2 amide bonds. The minimum atomic E-state index is -4.09. The van der Waals surface area contributed by atoms with Gasteiger partial charge in [-0.2, -0.15) is 5.10 Å². The number of rotatable bonds is 13. The molecule has 0 radical (unpaired) electrons. The van der Waals surface area contributed by atoms with Crippen LogP contribution >= 0.6 is 0 Å². The van der Waals surface area contributed by atoms with Crippen molar-refractivity contribution >= 4 is 33.7 Å². The molecule has 0 aliphatic carbocycles. The molecule has 11 heteroatoms. The second-order valence-electron chi connectivity index (χ2n) is 8.60. The predicted octanol–water partition coefficient (Wildman–Crippen LogP) is 3.33. The van der Waals surface area contributed by atoms with Crippen molar-refractivity contribution in [2.75, 3.05) is 24.1 Å². The van der Waals surface area contributed by atoms with Gasteiger partial charge in [0.1, 0.15) is 18.0 Å². The van der Waals surface area contributed by atoms with Crippen LogP contribution in [-0.2, 0) is 19.6 Å². The predicted molar refractivity (Wildman–Crippen MR) is 150 cm³/mol. The van der Waals surface area contributed by atoms with Crippen LogP contribution in [0.4, 0.5) is 5.69 Å². The van der Waals surface area contributed by atoms with E-state index in [0.717, 1.165) is 4.31 Å². The van der Waals surface area contributed by atoms with Gasteiger partial charge in [-0.1, -0.05) is 30.3 Å². The van der Waals surface area contributed by atoms with Crippen LogP contribution in [0.1, 0.15) is 26.3 Å². The molecule has 0 spiro atoms. The molecule has 0 aliphatic rings. The fourth-order valence-corrected chi connectivity index (χ4v) is 4.92. The van der Waals surface area contributed by atoms with Crippen LogP contribution in [0.5, 0.6) is 11.5 Å². The molecular formula is C28H32N4O6S. The minimum Gasteiger partial charge on any atom is -0.492 e. The molecule has 206 valence electrons. The van der Waals surface area contributed by atoms with E-state index in [-0.39, 0.29) is 29.1 Å². The van der Waals surface area contributed by atoms with Crippen LogP contribution in [-0.4, -0.2) is 52.2 Å². The molecule has 3 aromatic rings. The van der Waals surface area contributed by atoms with Gasteiger partial charge in [0.05, 0.1) is 23.4 Å². The topological polar surface area (TPSA) is 126 Å². The summed E-state index contributed by atoms with van der Waals surface area (Å²) in [6.45, 7) is 5.22. The number of hydrogen-bond donors (Lipinski definition) is 2. The Morgan fingerprint density at radius 1 is 0.923 bits per heavy atom. The van der Waals surface area contributed by atoms with E-state index in [4.69, 9.17) is 9.47 Å². The summed E-state index contributed by atoms with van der Waals surface area (Å²) < 4.78 is 39.1. The van der Waals surface area contributed by atoms with Crippen molar-refractivity contribution in [1.29, 1.82) is 0 Å². The zero-order valence-corrected chi connectivity index (χ0v) is 22.9. The van der Waals surface area contributed by atoms with Gasteiger partial charge >= 0.3 is 0 Å². The summed E-state index contributed by atoms with van der Waals surface area (Å²) in [5, 5.41) is 6.70. The molecule has 2 N–H and O–H groups in total. The Morgan fingerprint density at radius 3 is 2.26 bits per heavy atom. The molecular weight excluding hydrogens is 520 g/mol. The quantitative estimate of drug-likeness (QED) is 0.247. The third kappa shape index (κ3) is 8.57. The Labute approximate surface area is 228 Å². The summed E-state index contributed by atoms with van der Waals surface area (Å²) in [4.78, 5) is 24.6. The van der Waals surface area contributed by atoms with E-state index >= 15 is 0 Å². The molecule has 3 aromatic carbocycles. The zero-order valence-electron chi connectivity index (χ0n) is 22.0. The lowest BCUT2D eigenvalue weighted by atomic mass is 10.2. The van der Waals surface area contributed by atoms with Crippen LogP contribution in [0, 0.1) is 0 Å². The average Bonchev–Trinajstić information content (AvgIpc) is 2.92. The van der Waals surface area contributed by atoms with Crippen molar-refractivity contribution in [2.24, 2.45) is 5.10 Å². The number of ether oxygens (including phenoxy) is 2. The summed E-state index contributed by atoms with van der Waals surface area (Å²) in [7, 11) is -4.09. The van der Waals surface area contributed by atoms with Gasteiger partial charge in [-0.25, -0.2) is 13.8 Å². The number of hydrogen-bond acceptors (Lipinski definition) is 7. The first-order valence-corrected chi connectivity index (χ1v) is 13.8. The van der Waals surface area contributed by atoms with E-state index in [1.165, 1.54) is 18.3 Å². The van der Waals surface area contributed by atoms with Crippen LogP contribution in [0.15, 0.2) is 88.9 Å². The SMILES string of the molecule is CCOc1ccccc1N(CC(=O)N/N=C\c1ccc(OCC(=O)NC(C)C)cc1)S(=O)(=O)c1ccccc1. The van der Waals surface area contributed by atoms with Crippen molar-refractivity contribution < 1.29 is 27.5 Å². The molecule has 0 atom stereocenters. The molecule has 0 aliphatic heterocycles. The Hall–Kier alpha value is -4.38. The number of hydrazone groups is 1. The molecule has 3 rings (SSSR count). The first kappa shape index (κ1) is 29.2. The summed E-state index contributed by atoms with van der Waals surface area (Å²) in [5.41, 5.74) is 3.27. The molecule has 0 bridgehead atoms. The lowest BCUT2D eigenvalue weighted by Crippen LogP contribution is -2.39. The van der Waals surface area contributed by atoms with Gasteiger partial charge in [-0.05, 0) is 74.9 Å². The van der Waals surface area contributed by atoms with Gasteiger partial charge in [-0.15, -0.1) is 0 Å². The third-order valence-corrected chi connectivity index (χ3v) is 6.93. The van der Waals surface area contributed by atoms with Gasteiger partial charge in [0.15, 0.2) is 6.61 Å². The number of carbonyl (C=O) groups excluding carboxylic acids is 2. The smallest absolute Gasteiger partial charge is 0.264 e. The average molecular weight is 553 g/mol. The Balaban J connectivity index is 1.70. The van der Waals surface area contributed by atoms with E-state index in [1.54, 1.807) is 73.7 Å². The number of anilines is 1. The van der Waals surface area contributed by atoms with Crippen LogP contribution in [0.3, 0.4) is 0 Å². The van der Waals surface area contributed by atoms with E-state index in [0.29, 0.717) is 23.7 Å². The Bertz CT molecular complexity index is 1380. The molecule has 0 heterocycles. The van der Waals surface area contributed by atoms with E-state index in [1.807, 2.05) is 13.8 Å². The summed E-state index contributed by atoms with van der Waals surface area (Å²) in [5.74, 6) is -0.0247. The van der Waals surface area contributed by atoms with Gasteiger partial charge in [0.25, 0.3) is 21.8 Å². The Morgan fingerprint density at radius 2 is 1.59 bits per heavy atom. The number of nitrogens with zero attached hydrogens (tertiary/aromatic N) is 2. The summed E-state index contributed by atoms with van der Waals surface area (Å²) >= 11 is 0. The van der Waals surface area contributed by atoms with Crippen LogP contribution < -0.4 is 24.5 Å². The molecule has 0 fully saturated rings. The summed E-state index contributed by atoms with van der Waals surface area (Å²) in [6.07, 6.45) is 1.41. The van der Waals surface area contributed by atoms with Crippen molar-refractivity contribution in [3.05, 3.63) is 84.4 Å². The highest BCUT2D eigenvalue weighted by atomic mass is 32.2. The number of para-hydroxylation sites is 2. The fraction of sp³-hybridized carbons (Fsp3) is 0.250. The highest BCUT2D eigenvalue weighted by Crippen LogP contribution is 2.32. The maximum Gasteiger partial charge on any atom is 0.264 e. The van der Waals surface area contributed by atoms with Gasteiger partial charge in [0, 0.05) is 6.04 Å². The number of nitrogens with one attached hydrogen (secondary N) is 2. The lowest BCUT2D eigenvalue weighted by molar-refractivity contribution is -0.123. The largest absolute Gasteiger partial charge is 0.492 e. The molecule has 0 saturated carbocycles. The molecule has 0 aromatic heterocycles. The summed E-state index contributed by atoms with van der Waals surface area (Å²) in [6, 6.07) is 21.3. The zero-order chi connectivity index (χ0) is 28.3. The van der Waals surface area contributed by atoms with E-state index < -0.39 is 22.5 Å².